The average Bonchev–Trinajstić information content (AvgIpc) is 2.74. The van der Waals surface area contributed by atoms with E-state index in [-0.39, 0.29) is 30.0 Å². The summed E-state index contributed by atoms with van der Waals surface area (Å²) in [6.45, 7) is 1.29. The Morgan fingerprint density at radius 3 is 2.19 bits per heavy atom. The molecule has 1 saturated heterocycles. The average molecular weight is 499 g/mol. The minimum atomic E-state index is -4.73. The number of likely N-dealkylation sites (tertiary alicyclic amines) is 1. The van der Waals surface area contributed by atoms with Gasteiger partial charge in [-0.1, -0.05) is 28.1 Å². The van der Waals surface area contributed by atoms with Crippen LogP contribution in [-0.4, -0.2) is 48.1 Å². The summed E-state index contributed by atoms with van der Waals surface area (Å²) in [6, 6.07) is 12.6. The van der Waals surface area contributed by atoms with Gasteiger partial charge in [0.05, 0.1) is 0 Å². The van der Waals surface area contributed by atoms with E-state index in [0.717, 1.165) is 4.47 Å². The van der Waals surface area contributed by atoms with Crippen LogP contribution < -0.4 is 4.74 Å². The second kappa shape index (κ2) is 9.72. The molecular weight excluding hydrogens is 477 g/mol. The molecule has 166 valence electrons. The van der Waals surface area contributed by atoms with Gasteiger partial charge >= 0.3 is 6.36 Å². The van der Waals surface area contributed by atoms with Gasteiger partial charge < -0.3 is 14.5 Å². The van der Waals surface area contributed by atoms with Crippen molar-refractivity contribution in [3.8, 4) is 5.75 Å². The SMILES string of the molecule is CN(Cc1ccc(OC(F)(F)F)cc1)C(=O)C1CCN(C(=O)c2ccc(Br)cc2)CC1. The summed E-state index contributed by atoms with van der Waals surface area (Å²) < 4.78 is 41.5. The molecule has 1 aliphatic heterocycles. The Balaban J connectivity index is 1.50. The van der Waals surface area contributed by atoms with Gasteiger partial charge in [-0.3, -0.25) is 9.59 Å². The molecule has 31 heavy (non-hydrogen) atoms. The molecule has 2 aromatic rings. The number of hydrogen-bond acceptors (Lipinski definition) is 3. The van der Waals surface area contributed by atoms with Gasteiger partial charge in [-0.05, 0) is 54.8 Å². The Morgan fingerprint density at radius 1 is 1.06 bits per heavy atom. The van der Waals surface area contributed by atoms with Crippen molar-refractivity contribution in [1.29, 1.82) is 0 Å². The summed E-state index contributed by atoms with van der Waals surface area (Å²) >= 11 is 3.35. The fourth-order valence-electron chi connectivity index (χ4n) is 3.56. The third-order valence-electron chi connectivity index (χ3n) is 5.18. The van der Waals surface area contributed by atoms with E-state index in [1.54, 1.807) is 29.0 Å². The maximum absolute atomic E-state index is 12.8. The highest BCUT2D eigenvalue weighted by molar-refractivity contribution is 9.10. The number of carbonyl (C=O) groups excluding carboxylic acids is 2. The summed E-state index contributed by atoms with van der Waals surface area (Å²) in [4.78, 5) is 28.7. The topological polar surface area (TPSA) is 49.9 Å². The van der Waals surface area contributed by atoms with Gasteiger partial charge in [0.25, 0.3) is 5.91 Å². The van der Waals surface area contributed by atoms with E-state index < -0.39 is 6.36 Å². The second-order valence-electron chi connectivity index (χ2n) is 7.46. The summed E-state index contributed by atoms with van der Waals surface area (Å²) in [5, 5.41) is 0. The van der Waals surface area contributed by atoms with E-state index in [9.17, 15) is 22.8 Å². The fourth-order valence-corrected chi connectivity index (χ4v) is 3.83. The molecule has 0 saturated carbocycles. The quantitative estimate of drug-likeness (QED) is 0.591. The molecule has 5 nitrogen and oxygen atoms in total. The van der Waals surface area contributed by atoms with E-state index in [4.69, 9.17) is 0 Å². The molecule has 1 aliphatic rings. The number of ether oxygens (including phenoxy) is 1. The van der Waals surface area contributed by atoms with Gasteiger partial charge in [0.2, 0.25) is 5.91 Å². The zero-order valence-corrected chi connectivity index (χ0v) is 18.4. The van der Waals surface area contributed by atoms with Crippen LogP contribution in [0, 0.1) is 5.92 Å². The minimum Gasteiger partial charge on any atom is -0.406 e. The third-order valence-corrected chi connectivity index (χ3v) is 5.70. The van der Waals surface area contributed by atoms with Crippen molar-refractivity contribution in [1.82, 2.24) is 9.80 Å². The van der Waals surface area contributed by atoms with Crippen LogP contribution in [0.2, 0.25) is 0 Å². The summed E-state index contributed by atoms with van der Waals surface area (Å²) in [7, 11) is 1.67. The predicted molar refractivity (Wildman–Crippen MR) is 112 cm³/mol. The van der Waals surface area contributed by atoms with Crippen molar-refractivity contribution in [2.75, 3.05) is 20.1 Å². The molecule has 0 N–H and O–H groups in total. The molecule has 0 atom stereocenters. The molecule has 2 aromatic carbocycles. The fraction of sp³-hybridized carbons (Fsp3) is 0.364. The zero-order valence-electron chi connectivity index (χ0n) is 16.9. The number of halogens is 4. The largest absolute Gasteiger partial charge is 0.573 e. The van der Waals surface area contributed by atoms with Crippen LogP contribution in [0.5, 0.6) is 5.75 Å². The van der Waals surface area contributed by atoms with E-state index >= 15 is 0 Å². The first-order valence-electron chi connectivity index (χ1n) is 9.77. The second-order valence-corrected chi connectivity index (χ2v) is 8.38. The molecule has 9 heteroatoms. The number of amides is 2. The number of rotatable bonds is 5. The molecule has 0 radical (unpaired) electrons. The standard InChI is InChI=1S/C22H22BrF3N2O3/c1-27(14-15-2-8-19(9-3-15)31-22(24,25)26)20(29)17-10-12-28(13-11-17)21(30)16-4-6-18(23)7-5-16/h2-9,17H,10-14H2,1H3. The molecular formula is C22H22BrF3N2O3. The van der Waals surface area contributed by atoms with Gasteiger partial charge in [0, 0.05) is 42.6 Å². The number of carbonyl (C=O) groups is 2. The lowest BCUT2D eigenvalue weighted by Crippen LogP contribution is -2.43. The van der Waals surface area contributed by atoms with Crippen LogP contribution in [0.4, 0.5) is 13.2 Å². The minimum absolute atomic E-state index is 0.0358. The van der Waals surface area contributed by atoms with Crippen LogP contribution >= 0.6 is 15.9 Å². The van der Waals surface area contributed by atoms with Gasteiger partial charge in [-0.2, -0.15) is 0 Å². The Hall–Kier alpha value is -2.55. The highest BCUT2D eigenvalue weighted by Crippen LogP contribution is 2.25. The molecule has 0 unspecified atom stereocenters. The molecule has 1 fully saturated rings. The van der Waals surface area contributed by atoms with Crippen molar-refractivity contribution < 1.29 is 27.5 Å². The highest BCUT2D eigenvalue weighted by Gasteiger charge is 2.31. The molecule has 0 aromatic heterocycles. The van der Waals surface area contributed by atoms with Gasteiger partial charge in [-0.25, -0.2) is 0 Å². The van der Waals surface area contributed by atoms with Crippen LogP contribution in [0.3, 0.4) is 0 Å². The number of nitrogens with zero attached hydrogens (tertiary/aromatic N) is 2. The molecule has 1 heterocycles. The monoisotopic (exact) mass is 498 g/mol. The smallest absolute Gasteiger partial charge is 0.406 e. The maximum atomic E-state index is 12.8. The Labute approximate surface area is 186 Å². The molecule has 0 bridgehead atoms. The van der Waals surface area contributed by atoms with Crippen LogP contribution in [0.15, 0.2) is 53.0 Å². The Kier molecular flexibility index (Phi) is 7.25. The summed E-state index contributed by atoms with van der Waals surface area (Å²) in [6.07, 6.45) is -3.59. The maximum Gasteiger partial charge on any atom is 0.573 e. The number of benzene rings is 2. The molecule has 3 rings (SSSR count). The van der Waals surface area contributed by atoms with Crippen molar-refractivity contribution in [3.63, 3.8) is 0 Å². The van der Waals surface area contributed by atoms with Crippen molar-refractivity contribution in [2.24, 2.45) is 5.92 Å². The number of hydrogen-bond donors (Lipinski definition) is 0. The van der Waals surface area contributed by atoms with Crippen LogP contribution in [0.25, 0.3) is 0 Å². The van der Waals surface area contributed by atoms with E-state index in [1.807, 2.05) is 12.1 Å². The third kappa shape index (κ3) is 6.46. The highest BCUT2D eigenvalue weighted by atomic mass is 79.9. The first-order chi connectivity index (χ1) is 14.6. The lowest BCUT2D eigenvalue weighted by Gasteiger charge is -2.33. The number of piperidine rings is 1. The van der Waals surface area contributed by atoms with E-state index in [2.05, 4.69) is 20.7 Å². The zero-order chi connectivity index (χ0) is 22.6. The predicted octanol–water partition coefficient (Wildman–Crippen LogP) is 4.86. The number of alkyl halides is 3. The lowest BCUT2D eigenvalue weighted by atomic mass is 9.94. The first-order valence-corrected chi connectivity index (χ1v) is 10.6. The van der Waals surface area contributed by atoms with E-state index in [0.29, 0.717) is 37.1 Å². The Bertz CT molecular complexity index is 909. The Morgan fingerprint density at radius 2 is 1.65 bits per heavy atom. The van der Waals surface area contributed by atoms with Crippen molar-refractivity contribution in [2.45, 2.75) is 25.7 Å². The van der Waals surface area contributed by atoms with Gasteiger partial charge in [0.15, 0.2) is 0 Å². The summed E-state index contributed by atoms with van der Waals surface area (Å²) in [5.74, 6) is -0.570. The summed E-state index contributed by atoms with van der Waals surface area (Å²) in [5.41, 5.74) is 1.32. The molecule has 0 aliphatic carbocycles. The van der Waals surface area contributed by atoms with Crippen LogP contribution in [0.1, 0.15) is 28.8 Å². The van der Waals surface area contributed by atoms with Gasteiger partial charge in [0.1, 0.15) is 5.75 Å². The van der Waals surface area contributed by atoms with Crippen molar-refractivity contribution >= 4 is 27.7 Å². The normalized spacial score (nSPS) is 14.9. The first kappa shape index (κ1) is 23.1. The molecule has 2 amide bonds. The molecule has 0 spiro atoms. The van der Waals surface area contributed by atoms with Gasteiger partial charge in [-0.15, -0.1) is 13.2 Å². The van der Waals surface area contributed by atoms with Crippen LogP contribution in [-0.2, 0) is 11.3 Å². The van der Waals surface area contributed by atoms with Crippen molar-refractivity contribution in [3.05, 3.63) is 64.1 Å². The lowest BCUT2D eigenvalue weighted by molar-refractivity contribution is -0.274. The van der Waals surface area contributed by atoms with E-state index in [1.165, 1.54) is 24.3 Å².